The number of anilines is 9. The summed E-state index contributed by atoms with van der Waals surface area (Å²) in [7, 11) is 0. The van der Waals surface area contributed by atoms with Crippen LogP contribution in [-0.4, -0.2) is 13.4 Å². The van der Waals surface area contributed by atoms with E-state index in [4.69, 9.17) is 0 Å². The molecule has 0 aromatic heterocycles. The standard InChI is InChI=1S/C78H51B2N3/c1-5-19-52(20-6-1)56-35-43-60(44-36-56)81(61-45-37-57(38-46-61)53-21-7-2-8-22-53)72-51-73(82(62-47-39-58(40-48-62)54-23-9-3-10-24-54)63-49-41-59(42-50-63)55-25-11-4-12-26-55)77-78-76(72)79-68-31-15-13-27-64(68)66-29-17-33-70(74(66)79)83(78)71-34-18-30-67-65-28-14-16-32-69(65)80(77)75(67)71/h1-51H. The summed E-state index contributed by atoms with van der Waals surface area (Å²) in [6.07, 6.45) is 0. The zero-order valence-electron chi connectivity index (χ0n) is 45.4. The molecule has 4 heterocycles. The van der Waals surface area contributed by atoms with Gasteiger partial charge in [-0.3, -0.25) is 0 Å². The summed E-state index contributed by atoms with van der Waals surface area (Å²) in [6.45, 7) is -0.155. The number of fused-ring (bicyclic) bond motifs is 10. The lowest BCUT2D eigenvalue weighted by Crippen LogP contribution is -2.64. The average Bonchev–Trinajstić information content (AvgIpc) is 1.67. The van der Waals surface area contributed by atoms with Crippen LogP contribution in [0.1, 0.15) is 0 Å². The van der Waals surface area contributed by atoms with E-state index in [2.05, 4.69) is 324 Å². The number of hydrogen-bond acceptors (Lipinski definition) is 3. The summed E-state index contributed by atoms with van der Waals surface area (Å²) < 4.78 is 0. The lowest BCUT2D eigenvalue weighted by Gasteiger charge is -2.46. The summed E-state index contributed by atoms with van der Waals surface area (Å²) in [5.74, 6) is 0. The van der Waals surface area contributed by atoms with E-state index in [9.17, 15) is 0 Å². The molecule has 83 heavy (non-hydrogen) atoms. The normalized spacial score (nSPS) is 12.5. The molecule has 0 bridgehead atoms. The predicted octanol–water partition coefficient (Wildman–Crippen LogP) is 16.4. The Hall–Kier alpha value is -10.6. The average molecular weight is 1050 g/mol. The molecule has 384 valence electrons. The van der Waals surface area contributed by atoms with Gasteiger partial charge in [-0.1, -0.05) is 254 Å². The number of hydrogen-bond donors (Lipinski definition) is 0. The topological polar surface area (TPSA) is 9.72 Å². The fraction of sp³-hybridized carbons (Fsp3) is 0. The lowest BCUT2D eigenvalue weighted by atomic mass is 9.31. The molecule has 4 aliphatic rings. The van der Waals surface area contributed by atoms with Crippen LogP contribution in [0.25, 0.3) is 66.8 Å². The van der Waals surface area contributed by atoms with E-state index in [0.717, 1.165) is 34.1 Å². The first-order valence-corrected chi connectivity index (χ1v) is 28.9. The van der Waals surface area contributed by atoms with E-state index in [1.165, 1.54) is 117 Å². The summed E-state index contributed by atoms with van der Waals surface area (Å²) >= 11 is 0. The van der Waals surface area contributed by atoms with Crippen LogP contribution in [0.5, 0.6) is 0 Å². The number of nitrogens with zero attached hydrogens (tertiary/aromatic N) is 3. The molecule has 0 aliphatic carbocycles. The summed E-state index contributed by atoms with van der Waals surface area (Å²) in [4.78, 5) is 7.82. The summed E-state index contributed by atoms with van der Waals surface area (Å²) in [5, 5.41) is 0. The molecule has 0 unspecified atom stereocenters. The van der Waals surface area contributed by atoms with E-state index in [1.807, 2.05) is 0 Å². The van der Waals surface area contributed by atoms with Gasteiger partial charge < -0.3 is 14.7 Å². The van der Waals surface area contributed by atoms with Crippen molar-refractivity contribution in [3.63, 3.8) is 0 Å². The maximum Gasteiger partial charge on any atom is 0.250 e. The van der Waals surface area contributed by atoms with Gasteiger partial charge in [0.15, 0.2) is 0 Å². The Labute approximate surface area is 485 Å². The van der Waals surface area contributed by atoms with Crippen molar-refractivity contribution in [2.75, 3.05) is 14.7 Å². The smallest absolute Gasteiger partial charge is 0.250 e. The summed E-state index contributed by atoms with van der Waals surface area (Å²) in [5.41, 5.74) is 32.9. The minimum atomic E-state index is -0.0775. The molecular formula is C78H51B2N3. The van der Waals surface area contributed by atoms with Crippen molar-refractivity contribution >= 4 is 97.4 Å². The largest absolute Gasteiger partial charge is 0.312 e. The summed E-state index contributed by atoms with van der Waals surface area (Å²) in [6, 6.07) is 115. The van der Waals surface area contributed by atoms with Gasteiger partial charge in [-0.15, -0.1) is 0 Å². The minimum Gasteiger partial charge on any atom is -0.312 e. The molecular weight excluding hydrogens is 1000 g/mol. The molecule has 0 fully saturated rings. The highest BCUT2D eigenvalue weighted by atomic mass is 15.2. The second-order valence-corrected chi connectivity index (χ2v) is 22.3. The Bertz CT molecular complexity index is 4190. The van der Waals surface area contributed by atoms with Crippen LogP contribution < -0.4 is 47.5 Å². The van der Waals surface area contributed by atoms with Gasteiger partial charge in [0.05, 0.1) is 0 Å². The zero-order chi connectivity index (χ0) is 54.5. The molecule has 13 aromatic rings. The van der Waals surface area contributed by atoms with E-state index < -0.39 is 0 Å². The fourth-order valence-electron chi connectivity index (χ4n) is 14.3. The highest BCUT2D eigenvalue weighted by Gasteiger charge is 2.52. The van der Waals surface area contributed by atoms with Crippen LogP contribution in [0, 0.1) is 0 Å². The minimum absolute atomic E-state index is 0.0775. The molecule has 0 saturated carbocycles. The molecule has 13 aromatic carbocycles. The monoisotopic (exact) mass is 1050 g/mol. The second-order valence-electron chi connectivity index (χ2n) is 22.3. The Morgan fingerprint density at radius 2 is 0.506 bits per heavy atom. The third-order valence-electron chi connectivity index (χ3n) is 17.9. The van der Waals surface area contributed by atoms with Gasteiger partial charge in [0.1, 0.15) is 0 Å². The highest BCUT2D eigenvalue weighted by Crippen LogP contribution is 2.51. The van der Waals surface area contributed by atoms with Crippen LogP contribution in [0.15, 0.2) is 309 Å². The molecule has 0 spiro atoms. The molecule has 3 nitrogen and oxygen atoms in total. The molecule has 0 N–H and O–H groups in total. The van der Waals surface area contributed by atoms with Crippen LogP contribution >= 0.6 is 0 Å². The quantitative estimate of drug-likeness (QED) is 0.126. The van der Waals surface area contributed by atoms with E-state index in [0.29, 0.717) is 0 Å². The predicted molar refractivity (Wildman–Crippen MR) is 352 cm³/mol. The SMILES string of the molecule is c1ccc(-c2ccc(N(c3ccc(-c4ccccc4)cc3)c3cc(N(c4ccc(-c5ccccc5)cc4)c4ccc(-c5ccccc5)cc4)c4c5c3B3c6ccccc6-c6cccc(c63)N5c3cccc5c3B4c3ccccc3-5)cc2)cc1. The second kappa shape index (κ2) is 19.0. The van der Waals surface area contributed by atoms with Crippen molar-refractivity contribution < 1.29 is 0 Å². The van der Waals surface area contributed by atoms with Crippen molar-refractivity contribution in [3.8, 4) is 66.8 Å². The van der Waals surface area contributed by atoms with Gasteiger partial charge in [-0.25, -0.2) is 0 Å². The first kappa shape index (κ1) is 47.2. The molecule has 17 rings (SSSR count). The van der Waals surface area contributed by atoms with Crippen molar-refractivity contribution in [1.29, 1.82) is 0 Å². The molecule has 0 saturated heterocycles. The van der Waals surface area contributed by atoms with Crippen molar-refractivity contribution in [3.05, 3.63) is 309 Å². The number of rotatable bonds is 10. The maximum absolute atomic E-state index is 2.68. The molecule has 0 atom stereocenters. The Balaban J connectivity index is 1.01. The first-order valence-electron chi connectivity index (χ1n) is 28.9. The van der Waals surface area contributed by atoms with Gasteiger partial charge in [0, 0.05) is 51.2 Å². The van der Waals surface area contributed by atoms with Gasteiger partial charge in [0.25, 0.3) is 13.4 Å². The molecule has 4 aliphatic heterocycles. The fourth-order valence-corrected chi connectivity index (χ4v) is 14.3. The molecule has 0 radical (unpaired) electrons. The Morgan fingerprint density at radius 1 is 0.229 bits per heavy atom. The number of benzene rings is 13. The van der Waals surface area contributed by atoms with Crippen LogP contribution in [0.2, 0.25) is 0 Å². The van der Waals surface area contributed by atoms with Crippen molar-refractivity contribution in [1.82, 2.24) is 0 Å². The Morgan fingerprint density at radius 3 is 0.831 bits per heavy atom. The van der Waals surface area contributed by atoms with Gasteiger partial charge in [-0.2, -0.15) is 0 Å². The van der Waals surface area contributed by atoms with E-state index in [1.54, 1.807) is 0 Å². The van der Waals surface area contributed by atoms with Crippen LogP contribution in [-0.2, 0) is 0 Å². The Kier molecular flexibility index (Phi) is 10.8. The van der Waals surface area contributed by atoms with Crippen molar-refractivity contribution in [2.24, 2.45) is 0 Å². The van der Waals surface area contributed by atoms with Crippen LogP contribution in [0.3, 0.4) is 0 Å². The third-order valence-corrected chi connectivity index (χ3v) is 17.9. The molecule has 5 heteroatoms. The van der Waals surface area contributed by atoms with Gasteiger partial charge in [0.2, 0.25) is 0 Å². The first-order chi connectivity index (χ1) is 41.2. The van der Waals surface area contributed by atoms with E-state index >= 15 is 0 Å². The maximum atomic E-state index is 2.68. The van der Waals surface area contributed by atoms with Gasteiger partial charge >= 0.3 is 0 Å². The zero-order valence-corrected chi connectivity index (χ0v) is 45.4. The highest BCUT2D eigenvalue weighted by molar-refractivity contribution is 7.06. The van der Waals surface area contributed by atoms with E-state index in [-0.39, 0.29) is 13.4 Å². The van der Waals surface area contributed by atoms with Crippen molar-refractivity contribution in [2.45, 2.75) is 0 Å². The lowest BCUT2D eigenvalue weighted by molar-refractivity contribution is 1.24. The molecule has 0 amide bonds. The van der Waals surface area contributed by atoms with Crippen LogP contribution in [0.4, 0.5) is 51.2 Å². The van der Waals surface area contributed by atoms with Gasteiger partial charge in [-0.05, 0) is 155 Å². The third kappa shape index (κ3) is 7.41.